The Morgan fingerprint density at radius 2 is 2.12 bits per heavy atom. The second-order valence-electron chi connectivity index (χ2n) is 8.11. The van der Waals surface area contributed by atoms with E-state index >= 15 is 0 Å². The number of fused-ring (bicyclic) bond motifs is 1. The van der Waals surface area contributed by atoms with Crippen LogP contribution >= 0.6 is 0 Å². The van der Waals surface area contributed by atoms with Gasteiger partial charge >= 0.3 is 0 Å². The Morgan fingerprint density at radius 1 is 1.29 bits per heavy atom. The summed E-state index contributed by atoms with van der Waals surface area (Å²) in [4.78, 5) is 34.5. The normalized spacial score (nSPS) is 17.4. The van der Waals surface area contributed by atoms with Crippen LogP contribution in [0, 0.1) is 11.3 Å². The highest BCUT2D eigenvalue weighted by Gasteiger charge is 2.47. The van der Waals surface area contributed by atoms with E-state index in [1.165, 1.54) is 12.3 Å². The van der Waals surface area contributed by atoms with E-state index in [2.05, 4.69) is 15.3 Å². The number of benzene rings is 1. The van der Waals surface area contributed by atoms with E-state index in [1.807, 2.05) is 37.3 Å². The van der Waals surface area contributed by atoms with Crippen LogP contribution in [0.25, 0.3) is 22.6 Å². The van der Waals surface area contributed by atoms with Crippen molar-refractivity contribution in [3.63, 3.8) is 0 Å². The lowest BCUT2D eigenvalue weighted by Crippen LogP contribution is -2.43. The van der Waals surface area contributed by atoms with E-state index < -0.39 is 43.3 Å². The molecule has 1 atom stereocenters. The Kier molecular flexibility index (Phi) is 6.32. The quantitative estimate of drug-likeness (QED) is 0.625. The Bertz CT molecular complexity index is 1320. The summed E-state index contributed by atoms with van der Waals surface area (Å²) in [5.41, 5.74) is 3.70. The number of pyridine rings is 2. The first-order valence-electron chi connectivity index (χ1n) is 10.6. The topological polar surface area (TPSA) is 99.0 Å². The maximum atomic E-state index is 13.6. The van der Waals surface area contributed by atoms with Crippen LogP contribution in [0.15, 0.2) is 55.0 Å². The van der Waals surface area contributed by atoms with Gasteiger partial charge in [0.1, 0.15) is 6.04 Å². The van der Waals surface area contributed by atoms with Gasteiger partial charge in [0.2, 0.25) is 5.91 Å². The van der Waals surface area contributed by atoms with E-state index in [4.69, 9.17) is 5.26 Å². The summed E-state index contributed by atoms with van der Waals surface area (Å²) in [6.07, 6.45) is 6.21. The fraction of sp³-hybridized carbons (Fsp3) is 0.240. The average Bonchev–Trinajstić information content (AvgIpc) is 3.17. The van der Waals surface area contributed by atoms with E-state index in [1.54, 1.807) is 24.5 Å². The molecule has 1 aliphatic rings. The lowest BCUT2D eigenvalue weighted by molar-refractivity contribution is -0.131. The Hall–Kier alpha value is -4.19. The first kappa shape index (κ1) is 23.0. The summed E-state index contributed by atoms with van der Waals surface area (Å²) >= 11 is 0. The molecular weight excluding hydrogens is 440 g/mol. The number of carbonyl (C=O) groups is 2. The van der Waals surface area contributed by atoms with Gasteiger partial charge in [-0.3, -0.25) is 19.6 Å². The second kappa shape index (κ2) is 9.35. The molecule has 0 saturated carbocycles. The highest BCUT2D eigenvalue weighted by molar-refractivity contribution is 6.07. The van der Waals surface area contributed by atoms with Gasteiger partial charge in [0.25, 0.3) is 11.8 Å². The number of amides is 2. The molecule has 172 valence electrons. The number of likely N-dealkylation sites (tertiary alicyclic amines) is 1. The third-order valence-electron chi connectivity index (χ3n) is 5.65. The Labute approximate surface area is 194 Å². The number of nitrogens with zero attached hydrogens (tertiary/aromatic N) is 4. The van der Waals surface area contributed by atoms with E-state index in [-0.39, 0.29) is 0 Å². The van der Waals surface area contributed by atoms with Gasteiger partial charge in [0.05, 0.1) is 30.2 Å². The molecule has 1 aromatic carbocycles. The van der Waals surface area contributed by atoms with Crippen molar-refractivity contribution in [3.8, 4) is 6.07 Å². The highest BCUT2D eigenvalue weighted by atomic mass is 19.3. The zero-order chi connectivity index (χ0) is 24.3. The van der Waals surface area contributed by atoms with Gasteiger partial charge in [-0.2, -0.15) is 5.26 Å². The number of alkyl halides is 2. The minimum absolute atomic E-state index is 0.302. The van der Waals surface area contributed by atoms with Crippen LogP contribution in [0.3, 0.4) is 0 Å². The summed E-state index contributed by atoms with van der Waals surface area (Å²) < 4.78 is 27.2. The summed E-state index contributed by atoms with van der Waals surface area (Å²) in [7, 11) is 0. The monoisotopic (exact) mass is 461 g/mol. The molecule has 2 amide bonds. The summed E-state index contributed by atoms with van der Waals surface area (Å²) in [5.74, 6) is -4.38. The zero-order valence-electron chi connectivity index (χ0n) is 18.3. The SMILES string of the molecule is C/C(=C\c1ccc2nccc(C(=O)NCC(=O)N3CC(F)(F)C[C@H]3C#N)c2c1)c1cccnc1. The predicted molar refractivity (Wildman–Crippen MR) is 123 cm³/mol. The van der Waals surface area contributed by atoms with Crippen molar-refractivity contribution in [2.24, 2.45) is 0 Å². The van der Waals surface area contributed by atoms with Gasteiger partial charge in [0.15, 0.2) is 0 Å². The van der Waals surface area contributed by atoms with Crippen LogP contribution in [-0.2, 0) is 4.79 Å². The number of allylic oxidation sites excluding steroid dienone is 1. The fourth-order valence-corrected chi connectivity index (χ4v) is 3.93. The number of hydrogen-bond acceptors (Lipinski definition) is 5. The Morgan fingerprint density at radius 3 is 2.85 bits per heavy atom. The molecular formula is C25H21F2N5O2. The maximum absolute atomic E-state index is 13.6. The molecule has 1 saturated heterocycles. The van der Waals surface area contributed by atoms with Gasteiger partial charge in [-0.25, -0.2) is 8.78 Å². The van der Waals surface area contributed by atoms with Gasteiger partial charge in [0, 0.05) is 30.4 Å². The molecule has 0 aliphatic carbocycles. The number of hydrogen-bond donors (Lipinski definition) is 1. The molecule has 0 bridgehead atoms. The molecule has 4 rings (SSSR count). The molecule has 0 unspecified atom stereocenters. The van der Waals surface area contributed by atoms with Crippen molar-refractivity contribution in [1.29, 1.82) is 5.26 Å². The van der Waals surface area contributed by atoms with Crippen molar-refractivity contribution in [2.75, 3.05) is 13.1 Å². The van der Waals surface area contributed by atoms with Crippen LogP contribution in [-0.4, -0.2) is 51.7 Å². The maximum Gasteiger partial charge on any atom is 0.268 e. The minimum atomic E-state index is -3.11. The molecule has 1 aliphatic heterocycles. The fourth-order valence-electron chi connectivity index (χ4n) is 3.93. The first-order chi connectivity index (χ1) is 16.3. The van der Waals surface area contributed by atoms with E-state index in [0.717, 1.165) is 21.6 Å². The predicted octanol–water partition coefficient (Wildman–Crippen LogP) is 3.68. The molecule has 1 fully saturated rings. The average molecular weight is 461 g/mol. The van der Waals surface area contributed by atoms with Gasteiger partial charge in [-0.1, -0.05) is 18.2 Å². The smallest absolute Gasteiger partial charge is 0.268 e. The summed E-state index contributed by atoms with van der Waals surface area (Å²) in [6, 6.07) is 11.3. The molecule has 1 N–H and O–H groups in total. The largest absolute Gasteiger partial charge is 0.343 e. The molecule has 9 heteroatoms. The lowest BCUT2D eigenvalue weighted by Gasteiger charge is -2.19. The van der Waals surface area contributed by atoms with E-state index in [0.29, 0.717) is 16.5 Å². The highest BCUT2D eigenvalue weighted by Crippen LogP contribution is 2.31. The number of carbonyl (C=O) groups excluding carboxylic acids is 2. The van der Waals surface area contributed by atoms with Crippen molar-refractivity contribution in [2.45, 2.75) is 25.3 Å². The minimum Gasteiger partial charge on any atom is -0.343 e. The van der Waals surface area contributed by atoms with Crippen LogP contribution in [0.4, 0.5) is 8.78 Å². The molecule has 0 radical (unpaired) electrons. The Balaban J connectivity index is 1.53. The molecule has 2 aromatic heterocycles. The van der Waals surface area contributed by atoms with Crippen LogP contribution in [0.1, 0.15) is 34.8 Å². The molecule has 34 heavy (non-hydrogen) atoms. The number of aromatic nitrogens is 2. The third-order valence-corrected chi connectivity index (χ3v) is 5.65. The molecule has 3 aromatic rings. The van der Waals surface area contributed by atoms with Crippen molar-refractivity contribution < 1.29 is 18.4 Å². The lowest BCUT2D eigenvalue weighted by atomic mass is 10.0. The van der Waals surface area contributed by atoms with E-state index in [9.17, 15) is 18.4 Å². The number of nitriles is 1. The summed E-state index contributed by atoms with van der Waals surface area (Å²) in [6.45, 7) is 0.640. The van der Waals surface area contributed by atoms with Crippen LogP contribution in [0.5, 0.6) is 0 Å². The number of rotatable bonds is 5. The van der Waals surface area contributed by atoms with Crippen LogP contribution in [0.2, 0.25) is 0 Å². The van der Waals surface area contributed by atoms with Crippen molar-refractivity contribution in [3.05, 3.63) is 71.7 Å². The van der Waals surface area contributed by atoms with Gasteiger partial charge in [-0.05, 0) is 47.9 Å². The van der Waals surface area contributed by atoms with Crippen molar-refractivity contribution in [1.82, 2.24) is 20.2 Å². The number of nitrogens with one attached hydrogen (secondary N) is 1. The zero-order valence-corrected chi connectivity index (χ0v) is 18.3. The van der Waals surface area contributed by atoms with Gasteiger partial charge in [-0.15, -0.1) is 0 Å². The van der Waals surface area contributed by atoms with Crippen molar-refractivity contribution >= 4 is 34.4 Å². The second-order valence-corrected chi connectivity index (χ2v) is 8.11. The third kappa shape index (κ3) is 4.91. The standard InChI is InChI=1S/C25H21F2N5O2/c1-16(18-3-2-7-29-13-18)9-17-4-5-22-21(10-17)20(6-8-30-22)24(34)31-14-23(33)32-15-25(26,27)11-19(32)12-28/h2-10,13,19H,11,14-15H2,1H3,(H,31,34)/b16-9+/t19-/m0/s1. The first-order valence-corrected chi connectivity index (χ1v) is 10.6. The summed E-state index contributed by atoms with van der Waals surface area (Å²) in [5, 5.41) is 12.1. The molecule has 3 heterocycles. The van der Waals surface area contributed by atoms with Crippen LogP contribution < -0.4 is 5.32 Å². The molecule has 0 spiro atoms. The number of halogens is 2. The van der Waals surface area contributed by atoms with Gasteiger partial charge < -0.3 is 10.2 Å². The molecule has 7 nitrogen and oxygen atoms in total.